The largest absolute Gasteiger partial charge is 0.378 e. The molecule has 5 heteroatoms. The molecule has 1 heterocycles. The molecule has 0 spiro atoms. The Kier molecular flexibility index (Phi) is 5.09. The lowest BCUT2D eigenvalue weighted by Crippen LogP contribution is -2.17. The third-order valence-electron chi connectivity index (χ3n) is 3.26. The Balaban J connectivity index is 2.08. The standard InChI is InChI=1S/C17H20FN3O/c1-11(2)17(22)21-16-6-4-5-15(8-16)20-12(3)13-7-14(18)10-19-9-13/h4-12,20H,1-3H3,(H,21,22). The van der Waals surface area contributed by atoms with Gasteiger partial charge in [-0.15, -0.1) is 0 Å². The number of benzene rings is 1. The second-order valence-corrected chi connectivity index (χ2v) is 5.53. The number of rotatable bonds is 5. The average molecular weight is 301 g/mol. The molecule has 0 bridgehead atoms. The van der Waals surface area contributed by atoms with Gasteiger partial charge in [0.15, 0.2) is 0 Å². The summed E-state index contributed by atoms with van der Waals surface area (Å²) in [5, 5.41) is 6.12. The van der Waals surface area contributed by atoms with E-state index < -0.39 is 0 Å². The fourth-order valence-electron chi connectivity index (χ4n) is 1.97. The predicted molar refractivity (Wildman–Crippen MR) is 86.1 cm³/mol. The molecule has 22 heavy (non-hydrogen) atoms. The van der Waals surface area contributed by atoms with Gasteiger partial charge >= 0.3 is 0 Å². The van der Waals surface area contributed by atoms with Crippen LogP contribution < -0.4 is 10.6 Å². The molecular formula is C17H20FN3O. The van der Waals surface area contributed by atoms with Crippen LogP contribution in [0.2, 0.25) is 0 Å². The number of nitrogens with zero attached hydrogens (tertiary/aromatic N) is 1. The molecule has 1 atom stereocenters. The first-order chi connectivity index (χ1) is 10.5. The van der Waals surface area contributed by atoms with Gasteiger partial charge in [0.25, 0.3) is 0 Å². The minimum Gasteiger partial charge on any atom is -0.378 e. The van der Waals surface area contributed by atoms with E-state index >= 15 is 0 Å². The first-order valence-electron chi connectivity index (χ1n) is 7.23. The van der Waals surface area contributed by atoms with Gasteiger partial charge in [-0.3, -0.25) is 9.78 Å². The first kappa shape index (κ1) is 15.9. The third kappa shape index (κ3) is 4.28. The number of aromatic nitrogens is 1. The van der Waals surface area contributed by atoms with E-state index in [4.69, 9.17) is 0 Å². The molecule has 1 amide bonds. The molecular weight excluding hydrogens is 281 g/mol. The summed E-state index contributed by atoms with van der Waals surface area (Å²) in [6, 6.07) is 8.79. The molecule has 1 aromatic heterocycles. The van der Waals surface area contributed by atoms with Crippen LogP contribution in [-0.4, -0.2) is 10.9 Å². The summed E-state index contributed by atoms with van der Waals surface area (Å²) >= 11 is 0. The molecule has 0 saturated carbocycles. The molecule has 0 aliphatic rings. The van der Waals surface area contributed by atoms with Gasteiger partial charge in [-0.2, -0.15) is 0 Å². The van der Waals surface area contributed by atoms with E-state index in [1.165, 1.54) is 12.3 Å². The number of pyridine rings is 1. The molecule has 0 saturated heterocycles. The van der Waals surface area contributed by atoms with Crippen LogP contribution in [-0.2, 0) is 4.79 Å². The van der Waals surface area contributed by atoms with Gasteiger partial charge in [0.2, 0.25) is 5.91 Å². The molecule has 116 valence electrons. The maximum Gasteiger partial charge on any atom is 0.226 e. The number of carbonyl (C=O) groups excluding carboxylic acids is 1. The van der Waals surface area contributed by atoms with Crippen molar-refractivity contribution < 1.29 is 9.18 Å². The summed E-state index contributed by atoms with van der Waals surface area (Å²) in [4.78, 5) is 15.6. The monoisotopic (exact) mass is 301 g/mol. The van der Waals surface area contributed by atoms with Gasteiger partial charge < -0.3 is 10.6 Å². The van der Waals surface area contributed by atoms with Gasteiger partial charge in [0.05, 0.1) is 12.2 Å². The van der Waals surface area contributed by atoms with Crippen molar-refractivity contribution in [1.82, 2.24) is 4.98 Å². The van der Waals surface area contributed by atoms with Gasteiger partial charge in [-0.05, 0) is 36.8 Å². The van der Waals surface area contributed by atoms with Crippen LogP contribution in [0.15, 0.2) is 42.7 Å². The highest BCUT2D eigenvalue weighted by atomic mass is 19.1. The van der Waals surface area contributed by atoms with Crippen molar-refractivity contribution >= 4 is 17.3 Å². The van der Waals surface area contributed by atoms with Crippen LogP contribution in [0.25, 0.3) is 0 Å². The Bertz CT molecular complexity index is 658. The zero-order valence-electron chi connectivity index (χ0n) is 12.9. The molecule has 0 fully saturated rings. The minimum atomic E-state index is -0.357. The number of carbonyl (C=O) groups is 1. The van der Waals surface area contributed by atoms with Crippen molar-refractivity contribution in [3.63, 3.8) is 0 Å². The van der Waals surface area contributed by atoms with Crippen LogP contribution in [0, 0.1) is 11.7 Å². The molecule has 1 unspecified atom stereocenters. The summed E-state index contributed by atoms with van der Waals surface area (Å²) in [5.74, 6) is -0.461. The molecule has 1 aromatic carbocycles. The van der Waals surface area contributed by atoms with Crippen LogP contribution in [0.4, 0.5) is 15.8 Å². The molecule has 0 aliphatic carbocycles. The fourth-order valence-corrected chi connectivity index (χ4v) is 1.97. The Morgan fingerprint density at radius 1 is 1.14 bits per heavy atom. The molecule has 0 aliphatic heterocycles. The zero-order valence-corrected chi connectivity index (χ0v) is 12.9. The minimum absolute atomic E-state index is 0.0282. The van der Waals surface area contributed by atoms with Crippen molar-refractivity contribution in [1.29, 1.82) is 0 Å². The van der Waals surface area contributed by atoms with Crippen molar-refractivity contribution in [2.24, 2.45) is 5.92 Å². The lowest BCUT2D eigenvalue weighted by Gasteiger charge is -2.16. The van der Waals surface area contributed by atoms with E-state index in [1.807, 2.05) is 45.0 Å². The molecule has 2 aromatic rings. The van der Waals surface area contributed by atoms with E-state index in [1.54, 1.807) is 6.20 Å². The van der Waals surface area contributed by atoms with Gasteiger partial charge in [-0.25, -0.2) is 4.39 Å². The highest BCUT2D eigenvalue weighted by Crippen LogP contribution is 2.22. The highest BCUT2D eigenvalue weighted by molar-refractivity contribution is 5.92. The van der Waals surface area contributed by atoms with E-state index in [-0.39, 0.29) is 23.7 Å². The SMILES string of the molecule is CC(C)C(=O)Nc1cccc(NC(C)c2cncc(F)c2)c1. The van der Waals surface area contributed by atoms with Crippen molar-refractivity contribution in [2.45, 2.75) is 26.8 Å². The van der Waals surface area contributed by atoms with Crippen LogP contribution in [0.1, 0.15) is 32.4 Å². The fraction of sp³-hybridized carbons (Fsp3) is 0.294. The lowest BCUT2D eigenvalue weighted by atomic mass is 10.1. The second-order valence-electron chi connectivity index (χ2n) is 5.53. The normalized spacial score (nSPS) is 12.0. The number of hydrogen-bond donors (Lipinski definition) is 2. The second kappa shape index (κ2) is 7.02. The number of nitrogens with one attached hydrogen (secondary N) is 2. The quantitative estimate of drug-likeness (QED) is 0.878. The van der Waals surface area contributed by atoms with Crippen LogP contribution >= 0.6 is 0 Å². The van der Waals surface area contributed by atoms with Crippen molar-refractivity contribution in [3.05, 3.63) is 54.1 Å². The Morgan fingerprint density at radius 2 is 1.86 bits per heavy atom. The summed E-state index contributed by atoms with van der Waals surface area (Å²) in [5.41, 5.74) is 2.34. The number of amides is 1. The molecule has 4 nitrogen and oxygen atoms in total. The Hall–Kier alpha value is -2.43. The zero-order chi connectivity index (χ0) is 16.1. The maximum atomic E-state index is 13.2. The number of halogens is 1. The summed E-state index contributed by atoms with van der Waals surface area (Å²) in [6.45, 7) is 5.61. The lowest BCUT2D eigenvalue weighted by molar-refractivity contribution is -0.118. The van der Waals surface area contributed by atoms with Gasteiger partial charge in [0.1, 0.15) is 5.82 Å². The van der Waals surface area contributed by atoms with Crippen LogP contribution in [0.3, 0.4) is 0 Å². The number of anilines is 2. The Labute approximate surface area is 129 Å². The predicted octanol–water partition coefficient (Wildman–Crippen LogP) is 3.99. The average Bonchev–Trinajstić information content (AvgIpc) is 2.47. The van der Waals surface area contributed by atoms with Crippen LogP contribution in [0.5, 0.6) is 0 Å². The molecule has 2 rings (SSSR count). The Morgan fingerprint density at radius 3 is 2.55 bits per heavy atom. The van der Waals surface area contributed by atoms with Crippen molar-refractivity contribution in [3.8, 4) is 0 Å². The first-order valence-corrected chi connectivity index (χ1v) is 7.23. The topological polar surface area (TPSA) is 54.0 Å². The van der Waals surface area contributed by atoms with Gasteiger partial charge in [-0.1, -0.05) is 19.9 Å². The summed E-state index contributed by atoms with van der Waals surface area (Å²) < 4.78 is 13.2. The molecule has 0 radical (unpaired) electrons. The summed E-state index contributed by atoms with van der Waals surface area (Å²) in [7, 11) is 0. The molecule has 2 N–H and O–H groups in total. The van der Waals surface area contributed by atoms with E-state index in [9.17, 15) is 9.18 Å². The van der Waals surface area contributed by atoms with E-state index in [2.05, 4.69) is 15.6 Å². The summed E-state index contributed by atoms with van der Waals surface area (Å²) in [6.07, 6.45) is 2.81. The number of hydrogen-bond acceptors (Lipinski definition) is 3. The van der Waals surface area contributed by atoms with Gasteiger partial charge in [0, 0.05) is 23.5 Å². The maximum absolute atomic E-state index is 13.2. The highest BCUT2D eigenvalue weighted by Gasteiger charge is 2.09. The van der Waals surface area contributed by atoms with E-state index in [0.717, 1.165) is 16.9 Å². The third-order valence-corrected chi connectivity index (χ3v) is 3.26. The van der Waals surface area contributed by atoms with Crippen molar-refractivity contribution in [2.75, 3.05) is 10.6 Å². The smallest absolute Gasteiger partial charge is 0.226 e. The van der Waals surface area contributed by atoms with E-state index in [0.29, 0.717) is 0 Å².